The lowest BCUT2D eigenvalue weighted by Gasteiger charge is -2.32. The zero-order valence-corrected chi connectivity index (χ0v) is 18.7. The first-order chi connectivity index (χ1) is 15.5. The van der Waals surface area contributed by atoms with E-state index in [2.05, 4.69) is 59.4 Å². The molecule has 1 N–H and O–H groups in total. The number of nitrogens with zero attached hydrogens (tertiary/aromatic N) is 2. The Kier molecular flexibility index (Phi) is 5.66. The van der Waals surface area contributed by atoms with Crippen LogP contribution in [0, 0.1) is 19.8 Å². The number of piperidine rings is 1. The molecule has 1 aliphatic heterocycles. The average molecular weight is 428 g/mol. The lowest BCUT2D eigenvalue weighted by atomic mass is 9.96. The lowest BCUT2D eigenvalue weighted by Crippen LogP contribution is -2.38. The van der Waals surface area contributed by atoms with Gasteiger partial charge in [0.2, 0.25) is 5.71 Å². The van der Waals surface area contributed by atoms with Crippen LogP contribution >= 0.6 is 0 Å². The van der Waals surface area contributed by atoms with E-state index in [9.17, 15) is 4.79 Å². The number of aryl methyl sites for hydroxylation is 2. The third-order valence-corrected chi connectivity index (χ3v) is 6.59. The van der Waals surface area contributed by atoms with Crippen LogP contribution in [0.3, 0.4) is 0 Å². The molecule has 1 amide bonds. The SMILES string of the molecule is Cc1ccc2nc3oc(C(=O)NCC4CCN(Cc5ccccc5C)CC4)cc3cc2c1. The van der Waals surface area contributed by atoms with Crippen molar-refractivity contribution in [1.29, 1.82) is 0 Å². The van der Waals surface area contributed by atoms with Gasteiger partial charge in [0.1, 0.15) is 0 Å². The maximum absolute atomic E-state index is 12.7. The van der Waals surface area contributed by atoms with Crippen molar-refractivity contribution in [3.05, 3.63) is 77.0 Å². The van der Waals surface area contributed by atoms with Crippen molar-refractivity contribution in [2.24, 2.45) is 5.92 Å². The number of benzene rings is 2. The van der Waals surface area contributed by atoms with Gasteiger partial charge in [-0.15, -0.1) is 0 Å². The van der Waals surface area contributed by atoms with Gasteiger partial charge in [-0.1, -0.05) is 35.9 Å². The van der Waals surface area contributed by atoms with Gasteiger partial charge < -0.3 is 9.73 Å². The summed E-state index contributed by atoms with van der Waals surface area (Å²) in [5.41, 5.74) is 5.33. The van der Waals surface area contributed by atoms with Crippen LogP contribution in [-0.2, 0) is 6.54 Å². The molecule has 0 atom stereocenters. The van der Waals surface area contributed by atoms with Crippen LogP contribution in [0.1, 0.15) is 40.1 Å². The van der Waals surface area contributed by atoms with Gasteiger partial charge in [0.15, 0.2) is 5.76 Å². The summed E-state index contributed by atoms with van der Waals surface area (Å²) in [4.78, 5) is 19.8. The highest BCUT2D eigenvalue weighted by atomic mass is 16.4. The Hall–Kier alpha value is -3.18. The monoisotopic (exact) mass is 427 g/mol. The van der Waals surface area contributed by atoms with Gasteiger partial charge in [-0.2, -0.15) is 0 Å². The molecule has 0 saturated carbocycles. The maximum atomic E-state index is 12.7. The lowest BCUT2D eigenvalue weighted by molar-refractivity contribution is 0.0909. The van der Waals surface area contributed by atoms with Crippen molar-refractivity contribution >= 4 is 27.9 Å². The molecule has 2 aromatic carbocycles. The van der Waals surface area contributed by atoms with Crippen molar-refractivity contribution < 1.29 is 9.21 Å². The number of furan rings is 1. The number of carbonyl (C=O) groups is 1. The molecule has 0 bridgehead atoms. The smallest absolute Gasteiger partial charge is 0.287 e. The molecule has 3 heterocycles. The van der Waals surface area contributed by atoms with Crippen molar-refractivity contribution in [3.8, 4) is 0 Å². The van der Waals surface area contributed by atoms with E-state index in [0.29, 0.717) is 23.9 Å². The molecule has 1 saturated heterocycles. The van der Waals surface area contributed by atoms with E-state index in [1.54, 1.807) is 6.07 Å². The summed E-state index contributed by atoms with van der Waals surface area (Å²) in [6, 6.07) is 18.5. The number of nitrogens with one attached hydrogen (secondary N) is 1. The second-order valence-corrected chi connectivity index (χ2v) is 9.05. The Bertz CT molecular complexity index is 1270. The van der Waals surface area contributed by atoms with Crippen LogP contribution in [0.15, 0.2) is 59.0 Å². The molecule has 0 spiro atoms. The Labute approximate surface area is 188 Å². The van der Waals surface area contributed by atoms with Crippen molar-refractivity contribution in [3.63, 3.8) is 0 Å². The standard InChI is InChI=1S/C27H29N3O2/c1-18-7-8-24-22(13-18)14-23-15-25(32-27(23)29-24)26(31)28-16-20-9-11-30(12-10-20)17-21-6-4-3-5-19(21)2/h3-8,13-15,20H,9-12,16-17H2,1-2H3,(H,28,31). The number of hydrogen-bond donors (Lipinski definition) is 1. The molecule has 164 valence electrons. The molecule has 0 unspecified atom stereocenters. The van der Waals surface area contributed by atoms with E-state index in [0.717, 1.165) is 48.8 Å². The maximum Gasteiger partial charge on any atom is 0.287 e. The Morgan fingerprint density at radius 3 is 2.69 bits per heavy atom. The van der Waals surface area contributed by atoms with E-state index in [4.69, 9.17) is 4.42 Å². The van der Waals surface area contributed by atoms with Crippen LogP contribution in [0.4, 0.5) is 0 Å². The van der Waals surface area contributed by atoms with Gasteiger partial charge in [0.25, 0.3) is 5.91 Å². The minimum absolute atomic E-state index is 0.162. The number of carbonyl (C=O) groups excluding carboxylic acids is 1. The first kappa shape index (κ1) is 20.7. The molecule has 4 aromatic rings. The van der Waals surface area contributed by atoms with Crippen molar-refractivity contribution in [2.45, 2.75) is 33.2 Å². The molecule has 5 heteroatoms. The fourth-order valence-electron chi connectivity index (χ4n) is 4.57. The quantitative estimate of drug-likeness (QED) is 0.473. The van der Waals surface area contributed by atoms with E-state index in [1.807, 2.05) is 18.2 Å². The third kappa shape index (κ3) is 4.39. The number of rotatable bonds is 5. The fourth-order valence-corrected chi connectivity index (χ4v) is 4.57. The highest BCUT2D eigenvalue weighted by Gasteiger charge is 2.21. The highest BCUT2D eigenvalue weighted by Crippen LogP contribution is 2.24. The van der Waals surface area contributed by atoms with Crippen LogP contribution in [0.25, 0.3) is 22.0 Å². The normalized spacial score (nSPS) is 15.4. The van der Waals surface area contributed by atoms with E-state index < -0.39 is 0 Å². The highest BCUT2D eigenvalue weighted by molar-refractivity contribution is 5.98. The second kappa shape index (κ2) is 8.75. The number of amides is 1. The largest absolute Gasteiger partial charge is 0.433 e. The summed E-state index contributed by atoms with van der Waals surface area (Å²) < 4.78 is 5.77. The summed E-state index contributed by atoms with van der Waals surface area (Å²) in [5.74, 6) is 0.669. The Morgan fingerprint density at radius 1 is 1.06 bits per heavy atom. The second-order valence-electron chi connectivity index (χ2n) is 9.05. The molecule has 32 heavy (non-hydrogen) atoms. The molecular formula is C27H29N3O2. The molecule has 0 radical (unpaired) electrons. The number of fused-ring (bicyclic) bond motifs is 2. The van der Waals surface area contributed by atoms with Crippen molar-refractivity contribution in [1.82, 2.24) is 15.2 Å². The number of pyridine rings is 1. The number of aromatic nitrogens is 1. The van der Waals surface area contributed by atoms with Gasteiger partial charge in [0, 0.05) is 23.9 Å². The zero-order valence-electron chi connectivity index (χ0n) is 18.7. The van der Waals surface area contributed by atoms with E-state index in [-0.39, 0.29) is 5.91 Å². The summed E-state index contributed by atoms with van der Waals surface area (Å²) in [5, 5.41) is 4.99. The van der Waals surface area contributed by atoms with Crippen molar-refractivity contribution in [2.75, 3.05) is 19.6 Å². The number of hydrogen-bond acceptors (Lipinski definition) is 4. The molecule has 5 rings (SSSR count). The number of likely N-dealkylation sites (tertiary alicyclic amines) is 1. The topological polar surface area (TPSA) is 58.4 Å². The van der Waals surface area contributed by atoms with Crippen LogP contribution < -0.4 is 5.32 Å². The molecule has 1 fully saturated rings. The first-order valence-electron chi connectivity index (χ1n) is 11.4. The molecule has 5 nitrogen and oxygen atoms in total. The van der Waals surface area contributed by atoms with Gasteiger partial charge in [-0.25, -0.2) is 4.98 Å². The minimum atomic E-state index is -0.162. The predicted octanol–water partition coefficient (Wildman–Crippen LogP) is 5.24. The summed E-state index contributed by atoms with van der Waals surface area (Å²) in [6.07, 6.45) is 2.19. The molecule has 1 aliphatic rings. The van der Waals surface area contributed by atoms with E-state index in [1.165, 1.54) is 16.7 Å². The molecule has 2 aromatic heterocycles. The van der Waals surface area contributed by atoms with Gasteiger partial charge >= 0.3 is 0 Å². The van der Waals surface area contributed by atoms with Crippen LogP contribution in [0.2, 0.25) is 0 Å². The zero-order chi connectivity index (χ0) is 22.1. The minimum Gasteiger partial charge on any atom is -0.433 e. The summed E-state index contributed by atoms with van der Waals surface area (Å²) in [7, 11) is 0. The molecular weight excluding hydrogens is 398 g/mol. The summed E-state index contributed by atoms with van der Waals surface area (Å²) in [6.45, 7) is 8.05. The van der Waals surface area contributed by atoms with Gasteiger partial charge in [0.05, 0.1) is 5.52 Å². The average Bonchev–Trinajstić information content (AvgIpc) is 3.21. The fraction of sp³-hybridized carbons (Fsp3) is 0.333. The summed E-state index contributed by atoms with van der Waals surface area (Å²) >= 11 is 0. The molecule has 0 aliphatic carbocycles. The first-order valence-corrected chi connectivity index (χ1v) is 11.4. The Morgan fingerprint density at radius 2 is 1.88 bits per heavy atom. The predicted molar refractivity (Wildman–Crippen MR) is 128 cm³/mol. The van der Waals surface area contributed by atoms with Crippen LogP contribution in [0.5, 0.6) is 0 Å². The third-order valence-electron chi connectivity index (χ3n) is 6.59. The van der Waals surface area contributed by atoms with Crippen LogP contribution in [-0.4, -0.2) is 35.4 Å². The van der Waals surface area contributed by atoms with Gasteiger partial charge in [-0.05, 0) is 81.1 Å². The Balaban J connectivity index is 1.17. The van der Waals surface area contributed by atoms with E-state index >= 15 is 0 Å². The van der Waals surface area contributed by atoms with Gasteiger partial charge in [-0.3, -0.25) is 9.69 Å².